The number of hydrogen-bond acceptors (Lipinski definition) is 6. The molecule has 1 unspecified atom stereocenters. The van der Waals surface area contributed by atoms with Crippen molar-refractivity contribution in [1.82, 2.24) is 0 Å². The van der Waals surface area contributed by atoms with E-state index in [0.717, 1.165) is 70.6 Å². The Balaban J connectivity index is 4.31. The molecule has 0 aromatic carbocycles. The molecule has 312 valence electrons. The molecule has 6 heteroatoms. The first-order valence-electron chi connectivity index (χ1n) is 23.2. The van der Waals surface area contributed by atoms with Crippen molar-refractivity contribution in [3.63, 3.8) is 0 Å². The van der Waals surface area contributed by atoms with Gasteiger partial charge in [-0.1, -0.05) is 206 Å². The van der Waals surface area contributed by atoms with Crippen molar-refractivity contribution in [2.24, 2.45) is 0 Å². The molecule has 0 heterocycles. The maximum atomic E-state index is 12.7. The summed E-state index contributed by atoms with van der Waals surface area (Å²) in [7, 11) is 0. The third-order valence-corrected chi connectivity index (χ3v) is 10.3. The maximum Gasteiger partial charge on any atom is 0.306 e. The van der Waals surface area contributed by atoms with Crippen LogP contribution in [0.4, 0.5) is 0 Å². The van der Waals surface area contributed by atoms with Crippen LogP contribution in [0.5, 0.6) is 0 Å². The van der Waals surface area contributed by atoms with Crippen molar-refractivity contribution in [3.8, 4) is 0 Å². The highest BCUT2D eigenvalue weighted by Crippen LogP contribution is 2.16. The molecule has 0 aliphatic rings. The fourth-order valence-corrected chi connectivity index (χ4v) is 6.80. The lowest BCUT2D eigenvalue weighted by atomic mass is 10.0. The van der Waals surface area contributed by atoms with Crippen LogP contribution in [0.2, 0.25) is 0 Å². The Morgan fingerprint density at radius 1 is 0.377 bits per heavy atom. The topological polar surface area (TPSA) is 78.9 Å². The van der Waals surface area contributed by atoms with E-state index < -0.39 is 6.10 Å². The molecule has 6 nitrogen and oxygen atoms in total. The predicted molar refractivity (Wildman–Crippen MR) is 224 cm³/mol. The first-order chi connectivity index (χ1) is 26.0. The predicted octanol–water partition coefficient (Wildman–Crippen LogP) is 14.6. The van der Waals surface area contributed by atoms with Gasteiger partial charge in [0.2, 0.25) is 0 Å². The van der Waals surface area contributed by atoms with Crippen molar-refractivity contribution < 1.29 is 28.6 Å². The molecular weight excluding hydrogens is 661 g/mol. The minimum absolute atomic E-state index is 0.0681. The molecule has 0 aromatic rings. The molecule has 0 amide bonds. The molecule has 0 rings (SSSR count). The summed E-state index contributed by atoms with van der Waals surface area (Å²) in [6.45, 7) is 6.54. The second kappa shape index (κ2) is 42.9. The summed E-state index contributed by atoms with van der Waals surface area (Å²) in [5.41, 5.74) is 0. The largest absolute Gasteiger partial charge is 0.462 e. The molecule has 53 heavy (non-hydrogen) atoms. The van der Waals surface area contributed by atoms with E-state index in [0.29, 0.717) is 19.3 Å². The van der Waals surface area contributed by atoms with Crippen molar-refractivity contribution in [2.75, 3.05) is 13.2 Å². The lowest BCUT2D eigenvalue weighted by Gasteiger charge is -2.18. The summed E-state index contributed by atoms with van der Waals surface area (Å²) < 4.78 is 16.7. The summed E-state index contributed by atoms with van der Waals surface area (Å²) in [5, 5.41) is 0. The SMILES string of the molecule is CC/C=C\CCCCCCCC(=O)OCC(COC(=O)CCCCCCCCCCCCCCC)OC(=O)CCCCCCCCCCCCCCC. The van der Waals surface area contributed by atoms with Gasteiger partial charge in [0.1, 0.15) is 13.2 Å². The smallest absolute Gasteiger partial charge is 0.306 e. The third kappa shape index (κ3) is 41.2. The van der Waals surface area contributed by atoms with E-state index in [2.05, 4.69) is 32.9 Å². The number of esters is 3. The molecule has 0 aliphatic heterocycles. The van der Waals surface area contributed by atoms with E-state index in [-0.39, 0.29) is 31.1 Å². The first kappa shape index (κ1) is 51.1. The van der Waals surface area contributed by atoms with E-state index in [1.54, 1.807) is 0 Å². The first-order valence-corrected chi connectivity index (χ1v) is 23.2. The van der Waals surface area contributed by atoms with E-state index in [1.807, 2.05) is 0 Å². The van der Waals surface area contributed by atoms with Crippen LogP contribution in [0.15, 0.2) is 12.2 Å². The van der Waals surface area contributed by atoms with Crippen LogP contribution in [-0.2, 0) is 28.6 Å². The summed E-state index contributed by atoms with van der Waals surface area (Å²) in [6, 6.07) is 0. The van der Waals surface area contributed by atoms with Gasteiger partial charge in [-0.2, -0.15) is 0 Å². The van der Waals surface area contributed by atoms with E-state index in [4.69, 9.17) is 14.2 Å². The number of carbonyl (C=O) groups excluding carboxylic acids is 3. The standard InChI is InChI=1S/C47H88O6/c1-4-7-10-13-16-19-21-23-25-28-31-34-37-40-46(49)52-43-44(42-51-45(48)39-36-33-30-27-18-15-12-9-6-3)53-47(50)41-38-35-32-29-26-24-22-20-17-14-11-8-5-2/h9,12,44H,4-8,10-11,13-43H2,1-3H3/b12-9-. The van der Waals surface area contributed by atoms with Gasteiger partial charge in [-0.3, -0.25) is 14.4 Å². The molecule has 0 bridgehead atoms. The average molecular weight is 749 g/mol. The Labute approximate surface area is 329 Å². The summed E-state index contributed by atoms with van der Waals surface area (Å²) in [5.74, 6) is -0.871. The highest BCUT2D eigenvalue weighted by atomic mass is 16.6. The number of rotatable bonds is 42. The molecule has 0 N–H and O–H groups in total. The summed E-state index contributed by atoms with van der Waals surface area (Å²) in [4.78, 5) is 37.7. The highest BCUT2D eigenvalue weighted by Gasteiger charge is 2.19. The van der Waals surface area contributed by atoms with Gasteiger partial charge in [0.25, 0.3) is 0 Å². The minimum Gasteiger partial charge on any atom is -0.462 e. The van der Waals surface area contributed by atoms with Gasteiger partial charge in [0, 0.05) is 19.3 Å². The average Bonchev–Trinajstić information content (AvgIpc) is 3.15. The Morgan fingerprint density at radius 2 is 0.679 bits per heavy atom. The fraction of sp³-hybridized carbons (Fsp3) is 0.894. The van der Waals surface area contributed by atoms with Gasteiger partial charge in [-0.15, -0.1) is 0 Å². The zero-order valence-corrected chi connectivity index (χ0v) is 35.6. The molecule has 0 aliphatic carbocycles. The van der Waals surface area contributed by atoms with Crippen LogP contribution < -0.4 is 0 Å². The van der Waals surface area contributed by atoms with Crippen LogP contribution in [-0.4, -0.2) is 37.2 Å². The van der Waals surface area contributed by atoms with Crippen molar-refractivity contribution in [2.45, 2.75) is 258 Å². The summed E-state index contributed by atoms with van der Waals surface area (Å²) >= 11 is 0. The highest BCUT2D eigenvalue weighted by molar-refractivity contribution is 5.71. The number of allylic oxidation sites excluding steroid dienone is 2. The molecule has 1 atom stereocenters. The number of unbranched alkanes of at least 4 members (excludes halogenated alkanes) is 29. The van der Waals surface area contributed by atoms with Gasteiger partial charge < -0.3 is 14.2 Å². The zero-order valence-electron chi connectivity index (χ0n) is 35.6. The summed E-state index contributed by atoms with van der Waals surface area (Å²) in [6.07, 6.45) is 44.8. The van der Waals surface area contributed by atoms with Crippen LogP contribution in [0.1, 0.15) is 252 Å². The van der Waals surface area contributed by atoms with Gasteiger partial charge >= 0.3 is 17.9 Å². The Hall–Kier alpha value is -1.85. The van der Waals surface area contributed by atoms with E-state index >= 15 is 0 Å². The zero-order chi connectivity index (χ0) is 38.7. The van der Waals surface area contributed by atoms with Crippen molar-refractivity contribution >= 4 is 17.9 Å². The van der Waals surface area contributed by atoms with Crippen LogP contribution >= 0.6 is 0 Å². The molecule has 0 saturated carbocycles. The third-order valence-electron chi connectivity index (χ3n) is 10.3. The fourth-order valence-electron chi connectivity index (χ4n) is 6.80. The van der Waals surface area contributed by atoms with Gasteiger partial charge in [-0.05, 0) is 38.5 Å². The molecule has 0 aromatic heterocycles. The molecule has 0 saturated heterocycles. The Bertz CT molecular complexity index is 824. The van der Waals surface area contributed by atoms with Crippen molar-refractivity contribution in [1.29, 1.82) is 0 Å². The molecule has 0 spiro atoms. The normalized spacial score (nSPS) is 12.0. The Morgan fingerprint density at radius 3 is 1.02 bits per heavy atom. The number of ether oxygens (including phenoxy) is 3. The monoisotopic (exact) mass is 749 g/mol. The van der Waals surface area contributed by atoms with Crippen LogP contribution in [0.3, 0.4) is 0 Å². The molecular formula is C47H88O6. The molecule has 0 fully saturated rings. The van der Waals surface area contributed by atoms with Gasteiger partial charge in [0.15, 0.2) is 6.10 Å². The lowest BCUT2D eigenvalue weighted by Crippen LogP contribution is -2.30. The second-order valence-corrected chi connectivity index (χ2v) is 15.6. The van der Waals surface area contributed by atoms with E-state index in [9.17, 15) is 14.4 Å². The minimum atomic E-state index is -0.764. The quantitative estimate of drug-likeness (QED) is 0.0268. The molecule has 0 radical (unpaired) electrons. The number of carbonyl (C=O) groups is 3. The Kier molecular flexibility index (Phi) is 41.4. The van der Waals surface area contributed by atoms with Crippen LogP contribution in [0.25, 0.3) is 0 Å². The van der Waals surface area contributed by atoms with E-state index in [1.165, 1.54) is 141 Å². The van der Waals surface area contributed by atoms with Crippen molar-refractivity contribution in [3.05, 3.63) is 12.2 Å². The lowest BCUT2D eigenvalue weighted by molar-refractivity contribution is -0.167. The number of hydrogen-bond donors (Lipinski definition) is 0. The second-order valence-electron chi connectivity index (χ2n) is 15.6. The maximum absolute atomic E-state index is 12.7. The van der Waals surface area contributed by atoms with Gasteiger partial charge in [-0.25, -0.2) is 0 Å². The van der Waals surface area contributed by atoms with Gasteiger partial charge in [0.05, 0.1) is 0 Å². The van der Waals surface area contributed by atoms with Crippen LogP contribution in [0, 0.1) is 0 Å².